The van der Waals surface area contributed by atoms with Gasteiger partial charge in [-0.05, 0) is 46.3 Å². The number of benzene rings is 3. The van der Waals surface area contributed by atoms with Crippen LogP contribution in [0.25, 0.3) is 10.8 Å². The molecule has 2 N–H and O–H groups in total. The van der Waals surface area contributed by atoms with Crippen molar-refractivity contribution in [2.45, 2.75) is 18.5 Å². The number of amides is 4. The lowest BCUT2D eigenvalue weighted by Crippen LogP contribution is -2.44. The summed E-state index contributed by atoms with van der Waals surface area (Å²) in [5.41, 5.74) is 0.359. The minimum atomic E-state index is -1.24. The van der Waals surface area contributed by atoms with Crippen molar-refractivity contribution >= 4 is 40.0 Å². The molecule has 1 aromatic heterocycles. The topological polar surface area (TPSA) is 78.5 Å². The van der Waals surface area contributed by atoms with Crippen LogP contribution in [0.2, 0.25) is 0 Å². The van der Waals surface area contributed by atoms with Gasteiger partial charge in [-0.3, -0.25) is 14.5 Å². The number of imide groups is 1. The second-order valence-electron chi connectivity index (χ2n) is 8.44. The van der Waals surface area contributed by atoms with E-state index in [4.69, 9.17) is 0 Å². The average Bonchev–Trinajstić information content (AvgIpc) is 3.46. The summed E-state index contributed by atoms with van der Waals surface area (Å²) in [5, 5.41) is 9.75. The van der Waals surface area contributed by atoms with Crippen LogP contribution in [0.5, 0.6) is 0 Å². The number of carbonyl (C=O) groups excluding carboxylic acids is 3. The van der Waals surface area contributed by atoms with Crippen molar-refractivity contribution in [1.29, 1.82) is 0 Å². The molecular formula is C27H23N3O3S. The van der Waals surface area contributed by atoms with Gasteiger partial charge in [0.1, 0.15) is 12.1 Å². The van der Waals surface area contributed by atoms with E-state index in [0.29, 0.717) is 5.56 Å². The molecule has 3 aromatic carbocycles. The predicted octanol–water partition coefficient (Wildman–Crippen LogP) is 4.57. The molecular weight excluding hydrogens is 446 g/mol. The molecule has 0 bridgehead atoms. The third kappa shape index (κ3) is 3.95. The predicted molar refractivity (Wildman–Crippen MR) is 132 cm³/mol. The van der Waals surface area contributed by atoms with E-state index in [1.807, 2.05) is 90.3 Å². The summed E-state index contributed by atoms with van der Waals surface area (Å²) in [4.78, 5) is 41.1. The molecule has 6 nitrogen and oxygen atoms in total. The van der Waals surface area contributed by atoms with Crippen LogP contribution in [0, 0.1) is 0 Å². The molecule has 2 atom stereocenters. The van der Waals surface area contributed by atoms with Crippen LogP contribution >= 0.6 is 11.3 Å². The normalized spacial score (nSPS) is 18.7. The molecule has 1 aliphatic rings. The third-order valence-corrected chi connectivity index (χ3v) is 7.11. The largest absolute Gasteiger partial charge is 0.343 e. The lowest BCUT2D eigenvalue weighted by molar-refractivity contribution is -0.135. The molecule has 1 aliphatic heterocycles. The van der Waals surface area contributed by atoms with Gasteiger partial charge in [-0.15, -0.1) is 11.3 Å². The Morgan fingerprint density at radius 3 is 2.44 bits per heavy atom. The standard InChI is InChI=1S/C27H23N3O3S/c1-27(21-14-13-18-8-5-6-11-20(18)16-21)25(32)30(26(33)29-27)17-23(31)28-24(22-12-7-15-34-22)19-9-3-2-4-10-19/h2-16,24H,17H2,1H3,(H,28,31)(H,29,33)/t24-,27-/m1/s1. The van der Waals surface area contributed by atoms with Crippen molar-refractivity contribution in [3.63, 3.8) is 0 Å². The van der Waals surface area contributed by atoms with Crippen molar-refractivity contribution in [3.05, 3.63) is 106 Å². The first-order chi connectivity index (χ1) is 16.5. The van der Waals surface area contributed by atoms with E-state index in [1.165, 1.54) is 11.3 Å². The van der Waals surface area contributed by atoms with Gasteiger partial charge in [0.15, 0.2) is 0 Å². The number of hydrogen-bond donors (Lipinski definition) is 2. The summed E-state index contributed by atoms with van der Waals surface area (Å²) in [6.07, 6.45) is 0. The van der Waals surface area contributed by atoms with Crippen LogP contribution in [0.4, 0.5) is 4.79 Å². The van der Waals surface area contributed by atoms with Crippen LogP contribution in [0.1, 0.15) is 29.0 Å². The average molecular weight is 470 g/mol. The van der Waals surface area contributed by atoms with Crippen LogP contribution < -0.4 is 10.6 Å². The molecule has 7 heteroatoms. The molecule has 4 aromatic rings. The van der Waals surface area contributed by atoms with Crippen molar-refractivity contribution in [1.82, 2.24) is 15.5 Å². The van der Waals surface area contributed by atoms with Gasteiger partial charge in [0.05, 0.1) is 6.04 Å². The number of carbonyl (C=O) groups is 3. The summed E-state index contributed by atoms with van der Waals surface area (Å²) < 4.78 is 0. The highest BCUT2D eigenvalue weighted by Crippen LogP contribution is 2.31. The maximum Gasteiger partial charge on any atom is 0.325 e. The molecule has 34 heavy (non-hydrogen) atoms. The quantitative estimate of drug-likeness (QED) is 0.406. The Morgan fingerprint density at radius 1 is 0.971 bits per heavy atom. The minimum absolute atomic E-state index is 0.359. The molecule has 0 radical (unpaired) electrons. The molecule has 1 saturated heterocycles. The number of thiophene rings is 1. The van der Waals surface area contributed by atoms with Gasteiger partial charge in [0.25, 0.3) is 5.91 Å². The molecule has 0 spiro atoms. The van der Waals surface area contributed by atoms with Crippen molar-refractivity contribution in [2.75, 3.05) is 6.54 Å². The van der Waals surface area contributed by atoms with Gasteiger partial charge in [-0.1, -0.05) is 72.8 Å². The molecule has 5 rings (SSSR count). The van der Waals surface area contributed by atoms with E-state index in [0.717, 1.165) is 26.1 Å². The van der Waals surface area contributed by atoms with Crippen LogP contribution in [0.3, 0.4) is 0 Å². The number of hydrogen-bond acceptors (Lipinski definition) is 4. The van der Waals surface area contributed by atoms with Crippen LogP contribution in [0.15, 0.2) is 90.3 Å². The zero-order valence-corrected chi connectivity index (χ0v) is 19.3. The van der Waals surface area contributed by atoms with Gasteiger partial charge in [-0.2, -0.15) is 0 Å². The fourth-order valence-electron chi connectivity index (χ4n) is 4.31. The van der Waals surface area contributed by atoms with Gasteiger partial charge >= 0.3 is 6.03 Å². The highest BCUT2D eigenvalue weighted by atomic mass is 32.1. The van der Waals surface area contributed by atoms with Gasteiger partial charge < -0.3 is 10.6 Å². The lowest BCUT2D eigenvalue weighted by Gasteiger charge is -2.23. The Balaban J connectivity index is 1.36. The zero-order chi connectivity index (χ0) is 23.7. The second-order valence-corrected chi connectivity index (χ2v) is 9.41. The van der Waals surface area contributed by atoms with Gasteiger partial charge in [-0.25, -0.2) is 4.79 Å². The van der Waals surface area contributed by atoms with E-state index in [-0.39, 0.29) is 12.6 Å². The number of nitrogens with one attached hydrogen (secondary N) is 2. The van der Waals surface area contributed by atoms with Crippen LogP contribution in [-0.2, 0) is 15.1 Å². The second kappa shape index (κ2) is 8.76. The summed E-state index contributed by atoms with van der Waals surface area (Å²) in [6.45, 7) is 1.32. The maximum atomic E-state index is 13.4. The monoisotopic (exact) mass is 469 g/mol. The molecule has 170 valence electrons. The molecule has 1 fully saturated rings. The Labute approximate surface area is 201 Å². The highest BCUT2D eigenvalue weighted by Gasteiger charge is 2.49. The number of urea groups is 1. The Bertz CT molecular complexity index is 1370. The van der Waals surface area contributed by atoms with E-state index < -0.39 is 23.4 Å². The van der Waals surface area contributed by atoms with Crippen molar-refractivity contribution in [2.24, 2.45) is 0 Å². The van der Waals surface area contributed by atoms with E-state index >= 15 is 0 Å². The Morgan fingerprint density at radius 2 is 1.71 bits per heavy atom. The maximum absolute atomic E-state index is 13.4. The molecule has 0 unspecified atom stereocenters. The first kappa shape index (κ1) is 21.9. The fourth-order valence-corrected chi connectivity index (χ4v) is 5.11. The summed E-state index contributed by atoms with van der Waals surface area (Å²) in [5.74, 6) is -0.858. The Hall–Kier alpha value is -3.97. The lowest BCUT2D eigenvalue weighted by atomic mass is 9.90. The van der Waals surface area contributed by atoms with Crippen molar-refractivity contribution < 1.29 is 14.4 Å². The smallest absolute Gasteiger partial charge is 0.325 e. The van der Waals surface area contributed by atoms with Gasteiger partial charge in [0.2, 0.25) is 5.91 Å². The first-order valence-corrected chi connectivity index (χ1v) is 11.8. The van der Waals surface area contributed by atoms with E-state index in [2.05, 4.69) is 10.6 Å². The summed E-state index contributed by atoms with van der Waals surface area (Å²) in [6, 6.07) is 26.0. The number of nitrogens with zero attached hydrogens (tertiary/aromatic N) is 1. The summed E-state index contributed by atoms with van der Waals surface area (Å²) in [7, 11) is 0. The van der Waals surface area contributed by atoms with Gasteiger partial charge in [0, 0.05) is 4.88 Å². The fraction of sp³-hybridized carbons (Fsp3) is 0.148. The number of fused-ring (bicyclic) bond motifs is 1. The Kier molecular flexibility index (Phi) is 5.63. The molecule has 0 saturated carbocycles. The zero-order valence-electron chi connectivity index (χ0n) is 18.5. The van der Waals surface area contributed by atoms with Crippen LogP contribution in [-0.4, -0.2) is 29.3 Å². The molecule has 0 aliphatic carbocycles. The first-order valence-electron chi connectivity index (χ1n) is 11.0. The molecule has 2 heterocycles. The summed E-state index contributed by atoms with van der Waals surface area (Å²) >= 11 is 1.54. The SMILES string of the molecule is C[C@]1(c2ccc3ccccc3c2)NC(=O)N(CC(=O)N[C@H](c2ccccc2)c2cccs2)C1=O. The minimum Gasteiger partial charge on any atom is -0.343 e. The van der Waals surface area contributed by atoms with E-state index in [9.17, 15) is 14.4 Å². The third-order valence-electron chi connectivity index (χ3n) is 6.17. The van der Waals surface area contributed by atoms with E-state index in [1.54, 1.807) is 6.92 Å². The highest BCUT2D eigenvalue weighted by molar-refractivity contribution is 7.10. The molecule has 4 amide bonds. The van der Waals surface area contributed by atoms with Crippen molar-refractivity contribution in [3.8, 4) is 0 Å². The number of rotatable bonds is 6.